The number of carbonyl (C=O) groups excluding carboxylic acids is 1. The third-order valence-electron chi connectivity index (χ3n) is 3.91. The van der Waals surface area contributed by atoms with Gasteiger partial charge in [0.2, 0.25) is 5.91 Å². The van der Waals surface area contributed by atoms with Crippen LogP contribution in [0.25, 0.3) is 10.9 Å². The van der Waals surface area contributed by atoms with E-state index in [0.29, 0.717) is 23.0 Å². The maximum atomic E-state index is 12.5. The number of aromatic amines is 1. The molecule has 0 saturated heterocycles. The summed E-state index contributed by atoms with van der Waals surface area (Å²) in [6.07, 6.45) is 1.50. The molecule has 0 aliphatic rings. The van der Waals surface area contributed by atoms with Crippen molar-refractivity contribution in [1.29, 1.82) is 0 Å². The van der Waals surface area contributed by atoms with Crippen molar-refractivity contribution in [3.8, 4) is 5.75 Å². The second-order valence-corrected chi connectivity index (χ2v) is 7.48. The molecule has 2 aromatic carbocycles. The summed E-state index contributed by atoms with van der Waals surface area (Å²) in [6.45, 7) is 0.334. The van der Waals surface area contributed by atoms with Gasteiger partial charge in [-0.15, -0.1) is 0 Å². The van der Waals surface area contributed by atoms with E-state index in [-0.39, 0.29) is 12.3 Å². The molecule has 0 saturated carbocycles. The van der Waals surface area contributed by atoms with Crippen LogP contribution in [0.4, 0.5) is 13.2 Å². The van der Waals surface area contributed by atoms with Gasteiger partial charge in [-0.05, 0) is 29.3 Å². The minimum Gasteiger partial charge on any atom is -0.376 e. The van der Waals surface area contributed by atoms with Crippen molar-refractivity contribution in [1.82, 2.24) is 10.3 Å². The molecule has 1 heterocycles. The van der Waals surface area contributed by atoms with E-state index in [4.69, 9.17) is 0 Å². The van der Waals surface area contributed by atoms with Gasteiger partial charge in [0.15, 0.2) is 0 Å². The lowest BCUT2D eigenvalue weighted by molar-refractivity contribution is -0.120. The molecule has 3 rings (SSSR count). The van der Waals surface area contributed by atoms with E-state index in [1.54, 1.807) is 0 Å². The highest BCUT2D eigenvalue weighted by atomic mass is 32.2. The van der Waals surface area contributed by atoms with Crippen LogP contribution in [0.15, 0.2) is 54.7 Å². The minimum absolute atomic E-state index is 0.0394. The molecule has 2 N–H and O–H groups in total. The molecule has 0 aliphatic heterocycles. The van der Waals surface area contributed by atoms with E-state index in [1.165, 1.54) is 12.3 Å². The van der Waals surface area contributed by atoms with Crippen molar-refractivity contribution in [2.45, 2.75) is 18.5 Å². The van der Waals surface area contributed by atoms with Gasteiger partial charge < -0.3 is 14.5 Å². The van der Waals surface area contributed by atoms with Crippen LogP contribution in [0.1, 0.15) is 11.1 Å². The first-order valence-corrected chi connectivity index (χ1v) is 9.48. The smallest absolute Gasteiger partial charge is 0.376 e. The van der Waals surface area contributed by atoms with Gasteiger partial charge in [-0.1, -0.05) is 30.3 Å². The maximum Gasteiger partial charge on any atom is 0.534 e. The molecule has 0 aliphatic carbocycles. The fourth-order valence-electron chi connectivity index (χ4n) is 2.56. The number of halogens is 3. The number of nitrogens with one attached hydrogen (secondary N) is 2. The van der Waals surface area contributed by atoms with Crippen LogP contribution >= 0.6 is 0 Å². The molecule has 1 amide bonds. The molecule has 0 radical (unpaired) electrons. The number of amides is 1. The Morgan fingerprint density at radius 1 is 1.11 bits per heavy atom. The number of hydrogen-bond donors (Lipinski definition) is 2. The largest absolute Gasteiger partial charge is 0.534 e. The zero-order valence-electron chi connectivity index (χ0n) is 14.3. The van der Waals surface area contributed by atoms with E-state index in [9.17, 15) is 26.4 Å². The van der Waals surface area contributed by atoms with Crippen molar-refractivity contribution in [2.24, 2.45) is 0 Å². The van der Waals surface area contributed by atoms with Gasteiger partial charge >= 0.3 is 15.6 Å². The average molecular weight is 412 g/mol. The van der Waals surface area contributed by atoms with Crippen LogP contribution in [0.5, 0.6) is 5.75 Å². The van der Waals surface area contributed by atoms with Crippen molar-refractivity contribution in [3.05, 3.63) is 65.9 Å². The minimum atomic E-state index is -5.77. The monoisotopic (exact) mass is 412 g/mol. The van der Waals surface area contributed by atoms with Crippen LogP contribution in [-0.4, -0.2) is 24.8 Å². The van der Waals surface area contributed by atoms with Gasteiger partial charge in [0.05, 0.1) is 6.42 Å². The number of aromatic nitrogens is 1. The van der Waals surface area contributed by atoms with Gasteiger partial charge in [0.25, 0.3) is 0 Å². The zero-order valence-corrected chi connectivity index (χ0v) is 15.1. The van der Waals surface area contributed by atoms with E-state index < -0.39 is 21.4 Å². The zero-order chi connectivity index (χ0) is 20.4. The third-order valence-corrected chi connectivity index (χ3v) is 4.89. The number of carbonyl (C=O) groups is 1. The topological polar surface area (TPSA) is 88.3 Å². The standard InChI is InChI=1S/C18H15F3N2O4S/c19-18(20,21)28(25,26)27-14-6-7-16-15(9-14)13(11-22-16)8-17(24)23-10-12-4-2-1-3-5-12/h1-7,9,11,22H,8,10H2,(H,23,24). The molecular formula is C18H15F3N2O4S. The second-order valence-electron chi connectivity index (χ2n) is 5.94. The molecule has 0 fully saturated rings. The number of rotatable bonds is 6. The van der Waals surface area contributed by atoms with Crippen molar-refractivity contribution < 1.29 is 30.6 Å². The average Bonchev–Trinajstić information content (AvgIpc) is 3.02. The van der Waals surface area contributed by atoms with Crippen molar-refractivity contribution >= 4 is 26.9 Å². The Hall–Kier alpha value is -3.01. The predicted octanol–water partition coefficient (Wildman–Crippen LogP) is 3.26. The van der Waals surface area contributed by atoms with Gasteiger partial charge in [-0.2, -0.15) is 21.6 Å². The fraction of sp³-hybridized carbons (Fsp3) is 0.167. The van der Waals surface area contributed by atoms with Crippen LogP contribution < -0.4 is 9.50 Å². The van der Waals surface area contributed by atoms with Crippen LogP contribution in [0, 0.1) is 0 Å². The Bertz CT molecular complexity index is 1090. The predicted molar refractivity (Wildman–Crippen MR) is 95.9 cm³/mol. The molecule has 1 aromatic heterocycles. The van der Waals surface area contributed by atoms with Crippen molar-refractivity contribution in [3.63, 3.8) is 0 Å². The van der Waals surface area contributed by atoms with Crippen LogP contribution in [0.2, 0.25) is 0 Å². The summed E-state index contributed by atoms with van der Waals surface area (Å²) in [7, 11) is -5.77. The van der Waals surface area contributed by atoms with Gasteiger partial charge in [0, 0.05) is 23.6 Å². The fourth-order valence-corrected chi connectivity index (χ4v) is 3.01. The lowest BCUT2D eigenvalue weighted by Crippen LogP contribution is -2.28. The molecule has 0 bridgehead atoms. The third kappa shape index (κ3) is 4.45. The highest BCUT2D eigenvalue weighted by Crippen LogP contribution is 2.29. The highest BCUT2D eigenvalue weighted by Gasteiger charge is 2.48. The van der Waals surface area contributed by atoms with Gasteiger partial charge in [-0.25, -0.2) is 0 Å². The Kier molecular flexibility index (Phi) is 5.32. The maximum absolute atomic E-state index is 12.5. The van der Waals surface area contributed by atoms with Crippen molar-refractivity contribution in [2.75, 3.05) is 0 Å². The first-order valence-electron chi connectivity index (χ1n) is 8.07. The molecule has 0 spiro atoms. The second kappa shape index (κ2) is 7.55. The molecule has 148 valence electrons. The summed E-state index contributed by atoms with van der Waals surface area (Å²) >= 11 is 0. The number of fused-ring (bicyclic) bond motifs is 1. The molecule has 0 unspecified atom stereocenters. The summed E-state index contributed by atoms with van der Waals surface area (Å²) in [5.74, 6) is -0.783. The molecule has 3 aromatic rings. The highest BCUT2D eigenvalue weighted by molar-refractivity contribution is 7.88. The van der Waals surface area contributed by atoms with E-state index in [0.717, 1.165) is 17.7 Å². The molecule has 10 heteroatoms. The first kappa shape index (κ1) is 19.7. The van der Waals surface area contributed by atoms with E-state index in [1.807, 2.05) is 30.3 Å². The summed E-state index contributed by atoms with van der Waals surface area (Å²) in [5, 5.41) is 3.14. The van der Waals surface area contributed by atoms with Gasteiger partial charge in [0.1, 0.15) is 5.75 Å². The Balaban J connectivity index is 1.74. The normalized spacial score (nSPS) is 12.1. The molecular weight excluding hydrogens is 397 g/mol. The van der Waals surface area contributed by atoms with E-state index >= 15 is 0 Å². The SMILES string of the molecule is O=C(Cc1c[nH]c2ccc(OS(=O)(=O)C(F)(F)F)cc12)NCc1ccccc1. The number of hydrogen-bond acceptors (Lipinski definition) is 4. The Labute approximate surface area is 158 Å². The van der Waals surface area contributed by atoms with Gasteiger partial charge in [-0.3, -0.25) is 4.79 Å². The first-order chi connectivity index (χ1) is 13.2. The Morgan fingerprint density at radius 3 is 2.50 bits per heavy atom. The summed E-state index contributed by atoms with van der Waals surface area (Å²) in [4.78, 5) is 15.1. The number of alkyl halides is 3. The summed E-state index contributed by atoms with van der Waals surface area (Å²) in [5.41, 5.74) is -3.58. The molecule has 6 nitrogen and oxygen atoms in total. The van der Waals surface area contributed by atoms with Crippen LogP contribution in [-0.2, 0) is 27.9 Å². The molecule has 0 atom stereocenters. The number of benzene rings is 2. The van der Waals surface area contributed by atoms with E-state index in [2.05, 4.69) is 14.5 Å². The van der Waals surface area contributed by atoms with Crippen LogP contribution in [0.3, 0.4) is 0 Å². The summed E-state index contributed by atoms with van der Waals surface area (Å²) < 4.78 is 63.9. The lowest BCUT2D eigenvalue weighted by atomic mass is 10.1. The quantitative estimate of drug-likeness (QED) is 0.481. The lowest BCUT2D eigenvalue weighted by Gasteiger charge is -2.09. The summed E-state index contributed by atoms with van der Waals surface area (Å²) in [6, 6.07) is 12.9. The Morgan fingerprint density at radius 2 is 1.82 bits per heavy atom. The number of H-pyrrole nitrogens is 1. The molecule has 28 heavy (non-hydrogen) atoms.